The number of ether oxygens (including phenoxy) is 3. The van der Waals surface area contributed by atoms with Crippen molar-refractivity contribution in [2.24, 2.45) is 0 Å². The summed E-state index contributed by atoms with van der Waals surface area (Å²) in [5, 5.41) is 0. The van der Waals surface area contributed by atoms with Crippen LogP contribution < -0.4 is 14.2 Å². The van der Waals surface area contributed by atoms with Crippen LogP contribution in [-0.2, 0) is 0 Å². The summed E-state index contributed by atoms with van der Waals surface area (Å²) in [5.74, 6) is 3.21. The van der Waals surface area contributed by atoms with Gasteiger partial charge in [0.25, 0.3) is 0 Å². The molecule has 2 rings (SSSR count). The first-order chi connectivity index (χ1) is 11.3. The lowest BCUT2D eigenvalue weighted by Crippen LogP contribution is -1.97. The maximum Gasteiger partial charge on any atom is 0.131 e. The van der Waals surface area contributed by atoms with E-state index in [2.05, 4.69) is 13.8 Å². The van der Waals surface area contributed by atoms with Gasteiger partial charge in [-0.2, -0.15) is 0 Å². The molecule has 0 aliphatic rings. The lowest BCUT2D eigenvalue weighted by atomic mass is 10.3. The van der Waals surface area contributed by atoms with Crippen LogP contribution in [0.3, 0.4) is 0 Å². The summed E-state index contributed by atoms with van der Waals surface area (Å²) in [6.07, 6.45) is 4.37. The Balaban J connectivity index is 1.95. The van der Waals surface area contributed by atoms with Crippen molar-refractivity contribution in [2.75, 3.05) is 13.2 Å². The van der Waals surface area contributed by atoms with Gasteiger partial charge in [0.2, 0.25) is 0 Å². The molecule has 0 bridgehead atoms. The Hall–Kier alpha value is -2.16. The fourth-order valence-electron chi connectivity index (χ4n) is 2.06. The second-order valence-corrected chi connectivity index (χ2v) is 5.46. The standard InChI is InChI=1S/C20H26O3/c1-3-5-13-21-17-9-7-11-19(15-17)23-20-12-8-10-18(16-20)22-14-6-4-2/h7-12,15-16H,3-6,13-14H2,1-2H3. The maximum atomic E-state index is 5.91. The van der Waals surface area contributed by atoms with Crippen LogP contribution in [-0.4, -0.2) is 13.2 Å². The predicted octanol–water partition coefficient (Wildman–Crippen LogP) is 5.84. The lowest BCUT2D eigenvalue weighted by molar-refractivity contribution is 0.306. The Morgan fingerprint density at radius 2 is 1.09 bits per heavy atom. The molecule has 0 amide bonds. The van der Waals surface area contributed by atoms with Crippen molar-refractivity contribution in [1.29, 1.82) is 0 Å². The Morgan fingerprint density at radius 1 is 0.652 bits per heavy atom. The van der Waals surface area contributed by atoms with E-state index in [0.29, 0.717) is 0 Å². The molecule has 0 radical (unpaired) electrons. The van der Waals surface area contributed by atoms with Crippen LogP contribution >= 0.6 is 0 Å². The van der Waals surface area contributed by atoms with Crippen LogP contribution in [0.2, 0.25) is 0 Å². The number of hydrogen-bond acceptors (Lipinski definition) is 3. The molecule has 0 aromatic heterocycles. The Bertz CT molecular complexity index is 529. The van der Waals surface area contributed by atoms with E-state index in [1.807, 2.05) is 48.5 Å². The molecule has 0 atom stereocenters. The Morgan fingerprint density at radius 3 is 1.52 bits per heavy atom. The molecule has 0 fully saturated rings. The third kappa shape index (κ3) is 6.23. The highest BCUT2D eigenvalue weighted by atomic mass is 16.5. The first kappa shape index (κ1) is 17.2. The average Bonchev–Trinajstić information content (AvgIpc) is 2.56. The Kier molecular flexibility index (Phi) is 7.31. The van der Waals surface area contributed by atoms with Gasteiger partial charge in [-0.05, 0) is 37.1 Å². The zero-order valence-electron chi connectivity index (χ0n) is 14.1. The molecule has 0 aliphatic heterocycles. The fourth-order valence-corrected chi connectivity index (χ4v) is 2.06. The summed E-state index contributed by atoms with van der Waals surface area (Å²) in [6.45, 7) is 5.78. The third-order valence-corrected chi connectivity index (χ3v) is 3.38. The molecular weight excluding hydrogens is 288 g/mol. The van der Waals surface area contributed by atoms with Crippen molar-refractivity contribution < 1.29 is 14.2 Å². The van der Waals surface area contributed by atoms with Crippen LogP contribution in [0.5, 0.6) is 23.0 Å². The molecule has 0 saturated heterocycles. The first-order valence-corrected chi connectivity index (χ1v) is 8.45. The summed E-state index contributed by atoms with van der Waals surface area (Å²) >= 11 is 0. The normalized spacial score (nSPS) is 10.3. The smallest absolute Gasteiger partial charge is 0.131 e. The van der Waals surface area contributed by atoms with Gasteiger partial charge >= 0.3 is 0 Å². The zero-order chi connectivity index (χ0) is 16.3. The number of unbranched alkanes of at least 4 members (excludes halogenated alkanes) is 2. The molecule has 0 saturated carbocycles. The number of rotatable bonds is 10. The zero-order valence-corrected chi connectivity index (χ0v) is 14.1. The van der Waals surface area contributed by atoms with E-state index in [1.165, 1.54) is 0 Å². The highest BCUT2D eigenvalue weighted by Gasteiger charge is 2.02. The minimum Gasteiger partial charge on any atom is -0.493 e. The van der Waals surface area contributed by atoms with E-state index in [0.717, 1.165) is 61.9 Å². The maximum absolute atomic E-state index is 5.91. The second-order valence-electron chi connectivity index (χ2n) is 5.46. The summed E-state index contributed by atoms with van der Waals surface area (Å²) in [6, 6.07) is 15.5. The minimum atomic E-state index is 0.737. The van der Waals surface area contributed by atoms with Crippen molar-refractivity contribution in [2.45, 2.75) is 39.5 Å². The summed E-state index contributed by atoms with van der Waals surface area (Å²) in [7, 11) is 0. The van der Waals surface area contributed by atoms with Gasteiger partial charge in [0, 0.05) is 12.1 Å². The molecule has 23 heavy (non-hydrogen) atoms. The van der Waals surface area contributed by atoms with E-state index < -0.39 is 0 Å². The van der Waals surface area contributed by atoms with E-state index >= 15 is 0 Å². The van der Waals surface area contributed by atoms with Crippen molar-refractivity contribution in [3.8, 4) is 23.0 Å². The summed E-state index contributed by atoms with van der Waals surface area (Å²) in [4.78, 5) is 0. The van der Waals surface area contributed by atoms with E-state index in [1.54, 1.807) is 0 Å². The van der Waals surface area contributed by atoms with Crippen LogP contribution in [0.25, 0.3) is 0 Å². The van der Waals surface area contributed by atoms with Crippen LogP contribution in [0.4, 0.5) is 0 Å². The average molecular weight is 314 g/mol. The monoisotopic (exact) mass is 314 g/mol. The molecule has 0 heterocycles. The van der Waals surface area contributed by atoms with Gasteiger partial charge in [0.05, 0.1) is 13.2 Å². The van der Waals surface area contributed by atoms with E-state index in [4.69, 9.17) is 14.2 Å². The highest BCUT2D eigenvalue weighted by Crippen LogP contribution is 2.27. The molecule has 2 aromatic carbocycles. The molecule has 0 spiro atoms. The molecule has 0 N–H and O–H groups in total. The quantitative estimate of drug-likeness (QED) is 0.516. The molecule has 0 aliphatic carbocycles. The largest absolute Gasteiger partial charge is 0.493 e. The van der Waals surface area contributed by atoms with Gasteiger partial charge in [-0.15, -0.1) is 0 Å². The van der Waals surface area contributed by atoms with Gasteiger partial charge in [-0.25, -0.2) is 0 Å². The number of hydrogen-bond donors (Lipinski definition) is 0. The van der Waals surface area contributed by atoms with Gasteiger partial charge < -0.3 is 14.2 Å². The van der Waals surface area contributed by atoms with Crippen molar-refractivity contribution in [3.63, 3.8) is 0 Å². The van der Waals surface area contributed by atoms with Crippen molar-refractivity contribution in [1.82, 2.24) is 0 Å². The molecule has 124 valence electrons. The minimum absolute atomic E-state index is 0.737. The van der Waals surface area contributed by atoms with E-state index in [-0.39, 0.29) is 0 Å². The Labute approximate surface area is 139 Å². The van der Waals surface area contributed by atoms with Crippen molar-refractivity contribution >= 4 is 0 Å². The molecule has 2 aromatic rings. The highest BCUT2D eigenvalue weighted by molar-refractivity contribution is 5.39. The molecular formula is C20H26O3. The summed E-state index contributed by atoms with van der Waals surface area (Å²) in [5.41, 5.74) is 0. The fraction of sp³-hybridized carbons (Fsp3) is 0.400. The number of benzene rings is 2. The summed E-state index contributed by atoms with van der Waals surface area (Å²) < 4.78 is 17.3. The predicted molar refractivity (Wildman–Crippen MR) is 93.8 cm³/mol. The van der Waals surface area contributed by atoms with Crippen molar-refractivity contribution in [3.05, 3.63) is 48.5 Å². The molecule has 3 heteroatoms. The molecule has 3 nitrogen and oxygen atoms in total. The van der Waals surface area contributed by atoms with E-state index in [9.17, 15) is 0 Å². The van der Waals surface area contributed by atoms with Gasteiger partial charge in [-0.3, -0.25) is 0 Å². The van der Waals surface area contributed by atoms with Crippen LogP contribution in [0.15, 0.2) is 48.5 Å². The topological polar surface area (TPSA) is 27.7 Å². The van der Waals surface area contributed by atoms with Crippen LogP contribution in [0, 0.1) is 0 Å². The van der Waals surface area contributed by atoms with Crippen LogP contribution in [0.1, 0.15) is 39.5 Å². The first-order valence-electron chi connectivity index (χ1n) is 8.45. The third-order valence-electron chi connectivity index (χ3n) is 3.38. The molecule has 0 unspecified atom stereocenters. The SMILES string of the molecule is CCCCOc1cccc(Oc2cccc(OCCCC)c2)c1. The van der Waals surface area contributed by atoms with Gasteiger partial charge in [-0.1, -0.05) is 38.8 Å². The lowest BCUT2D eigenvalue weighted by Gasteiger charge is -2.10. The second kappa shape index (κ2) is 9.78. The van der Waals surface area contributed by atoms with Gasteiger partial charge in [0.1, 0.15) is 23.0 Å². The van der Waals surface area contributed by atoms with Gasteiger partial charge in [0.15, 0.2) is 0 Å².